The largest absolute Gasteiger partial charge is 0.356 e. The Kier molecular flexibility index (Phi) is 7.46. The van der Waals surface area contributed by atoms with E-state index in [0.29, 0.717) is 11.1 Å². The second-order valence-electron chi connectivity index (χ2n) is 5.94. The summed E-state index contributed by atoms with van der Waals surface area (Å²) in [6.07, 6.45) is 7.88. The smallest absolute Gasteiger partial charge is 0.191 e. The number of pyridine rings is 1. The van der Waals surface area contributed by atoms with E-state index in [9.17, 15) is 0 Å². The van der Waals surface area contributed by atoms with Crippen LogP contribution in [0.1, 0.15) is 39.0 Å². The van der Waals surface area contributed by atoms with E-state index in [1.54, 1.807) is 6.20 Å². The number of aromatic nitrogens is 1. The number of halogens is 1. The molecule has 1 aromatic rings. The Labute approximate surface area is 144 Å². The molecule has 0 bridgehead atoms. The van der Waals surface area contributed by atoms with Gasteiger partial charge in [-0.05, 0) is 25.0 Å². The van der Waals surface area contributed by atoms with Crippen molar-refractivity contribution < 1.29 is 0 Å². The maximum absolute atomic E-state index is 6.23. The van der Waals surface area contributed by atoms with Crippen LogP contribution in [0.15, 0.2) is 23.3 Å². The molecular weight excluding hydrogens is 310 g/mol. The van der Waals surface area contributed by atoms with E-state index in [0.717, 1.165) is 37.8 Å². The van der Waals surface area contributed by atoms with Crippen molar-refractivity contribution in [1.29, 1.82) is 0 Å². The standard InChI is InChI=1S/C17H28ClN5/c1-3-4-5-6-10-21-17(19-2)22-14-9-12-23(13-14)16-15(18)8-7-11-20-16/h7-8,11,14H,3-6,9-10,12-13H2,1-2H3,(H2,19,21,22). The van der Waals surface area contributed by atoms with E-state index in [-0.39, 0.29) is 0 Å². The first kappa shape index (κ1) is 17.9. The highest BCUT2D eigenvalue weighted by Crippen LogP contribution is 2.25. The zero-order chi connectivity index (χ0) is 16.5. The van der Waals surface area contributed by atoms with E-state index in [1.807, 2.05) is 19.2 Å². The van der Waals surface area contributed by atoms with Crippen LogP contribution in [0.3, 0.4) is 0 Å². The lowest BCUT2D eigenvalue weighted by atomic mass is 10.2. The molecule has 5 nitrogen and oxygen atoms in total. The molecule has 2 N–H and O–H groups in total. The molecule has 1 aromatic heterocycles. The summed E-state index contributed by atoms with van der Waals surface area (Å²) in [5, 5.41) is 7.62. The van der Waals surface area contributed by atoms with Crippen LogP contribution in [-0.4, -0.2) is 43.7 Å². The van der Waals surface area contributed by atoms with E-state index < -0.39 is 0 Å². The molecule has 1 saturated heterocycles. The summed E-state index contributed by atoms with van der Waals surface area (Å²) in [7, 11) is 1.82. The van der Waals surface area contributed by atoms with Gasteiger partial charge in [0, 0.05) is 38.9 Å². The minimum atomic E-state index is 0.370. The molecule has 0 radical (unpaired) electrons. The Bertz CT molecular complexity index is 506. The molecule has 128 valence electrons. The number of guanidine groups is 1. The lowest BCUT2D eigenvalue weighted by Crippen LogP contribution is -2.44. The number of rotatable bonds is 7. The number of nitrogens with zero attached hydrogens (tertiary/aromatic N) is 3. The Morgan fingerprint density at radius 2 is 2.30 bits per heavy atom. The van der Waals surface area contributed by atoms with Crippen molar-refractivity contribution in [2.24, 2.45) is 4.99 Å². The van der Waals surface area contributed by atoms with Crippen LogP contribution in [0, 0.1) is 0 Å². The van der Waals surface area contributed by atoms with Crippen LogP contribution >= 0.6 is 11.6 Å². The summed E-state index contributed by atoms with van der Waals surface area (Å²) in [4.78, 5) is 10.9. The molecule has 0 aliphatic carbocycles. The van der Waals surface area contributed by atoms with Crippen LogP contribution in [0.2, 0.25) is 5.02 Å². The molecule has 0 spiro atoms. The predicted molar refractivity (Wildman–Crippen MR) is 98.5 cm³/mol. The normalized spacial score (nSPS) is 18.3. The summed E-state index contributed by atoms with van der Waals surface area (Å²) >= 11 is 6.23. The van der Waals surface area contributed by atoms with Crippen molar-refractivity contribution in [3.63, 3.8) is 0 Å². The Morgan fingerprint density at radius 3 is 3.04 bits per heavy atom. The van der Waals surface area contributed by atoms with Gasteiger partial charge >= 0.3 is 0 Å². The van der Waals surface area contributed by atoms with Gasteiger partial charge < -0.3 is 15.5 Å². The highest BCUT2D eigenvalue weighted by molar-refractivity contribution is 6.32. The van der Waals surface area contributed by atoms with E-state index in [4.69, 9.17) is 11.6 Å². The maximum Gasteiger partial charge on any atom is 0.191 e. The van der Waals surface area contributed by atoms with Crippen LogP contribution < -0.4 is 15.5 Å². The lowest BCUT2D eigenvalue weighted by Gasteiger charge is -2.20. The molecular formula is C17H28ClN5. The van der Waals surface area contributed by atoms with Crippen molar-refractivity contribution in [2.75, 3.05) is 31.6 Å². The summed E-state index contributed by atoms with van der Waals surface area (Å²) in [6, 6.07) is 4.12. The van der Waals surface area contributed by atoms with Gasteiger partial charge in [0.2, 0.25) is 0 Å². The van der Waals surface area contributed by atoms with Gasteiger partial charge in [0.25, 0.3) is 0 Å². The van der Waals surface area contributed by atoms with Crippen LogP contribution in [0.5, 0.6) is 0 Å². The van der Waals surface area contributed by atoms with Crippen LogP contribution in [0.4, 0.5) is 5.82 Å². The van der Waals surface area contributed by atoms with Gasteiger partial charge in [-0.25, -0.2) is 4.98 Å². The third kappa shape index (κ3) is 5.57. The molecule has 0 aromatic carbocycles. The third-order valence-electron chi connectivity index (χ3n) is 4.11. The van der Waals surface area contributed by atoms with Gasteiger partial charge in [-0.1, -0.05) is 37.8 Å². The minimum Gasteiger partial charge on any atom is -0.356 e. The summed E-state index contributed by atoms with van der Waals surface area (Å²) in [5.74, 6) is 1.77. The molecule has 1 atom stereocenters. The van der Waals surface area contributed by atoms with E-state index >= 15 is 0 Å². The Balaban J connectivity index is 1.76. The Morgan fingerprint density at radius 1 is 1.43 bits per heavy atom. The van der Waals surface area contributed by atoms with Gasteiger partial charge in [-0.2, -0.15) is 0 Å². The van der Waals surface area contributed by atoms with Gasteiger partial charge in [0.1, 0.15) is 5.82 Å². The highest BCUT2D eigenvalue weighted by Gasteiger charge is 2.25. The number of aliphatic imine (C=N–C) groups is 1. The molecule has 1 aliphatic rings. The van der Waals surface area contributed by atoms with E-state index in [1.165, 1.54) is 25.7 Å². The number of unbranched alkanes of at least 4 members (excludes halogenated alkanes) is 3. The molecule has 1 aliphatic heterocycles. The minimum absolute atomic E-state index is 0.370. The molecule has 0 saturated carbocycles. The van der Waals surface area contributed by atoms with Crippen molar-refractivity contribution in [3.8, 4) is 0 Å². The number of hydrogen-bond donors (Lipinski definition) is 2. The fourth-order valence-electron chi connectivity index (χ4n) is 2.83. The van der Waals surface area contributed by atoms with Crippen molar-refractivity contribution in [1.82, 2.24) is 15.6 Å². The average molecular weight is 338 g/mol. The van der Waals surface area contributed by atoms with Crippen molar-refractivity contribution in [2.45, 2.75) is 45.1 Å². The van der Waals surface area contributed by atoms with Crippen molar-refractivity contribution in [3.05, 3.63) is 23.4 Å². The SMILES string of the molecule is CCCCCCNC(=NC)NC1CCN(c2ncccc2Cl)C1. The first-order valence-electron chi connectivity index (χ1n) is 8.57. The summed E-state index contributed by atoms with van der Waals surface area (Å²) < 4.78 is 0. The molecule has 0 amide bonds. The first-order chi connectivity index (χ1) is 11.2. The second-order valence-corrected chi connectivity index (χ2v) is 6.35. The number of hydrogen-bond acceptors (Lipinski definition) is 3. The molecule has 1 unspecified atom stereocenters. The fraction of sp³-hybridized carbons (Fsp3) is 0.647. The molecule has 2 rings (SSSR count). The highest BCUT2D eigenvalue weighted by atomic mass is 35.5. The average Bonchev–Trinajstić information content (AvgIpc) is 3.02. The first-order valence-corrected chi connectivity index (χ1v) is 8.95. The number of nitrogens with one attached hydrogen (secondary N) is 2. The lowest BCUT2D eigenvalue weighted by molar-refractivity contribution is 0.622. The topological polar surface area (TPSA) is 52.6 Å². The van der Waals surface area contributed by atoms with Crippen LogP contribution in [0.25, 0.3) is 0 Å². The monoisotopic (exact) mass is 337 g/mol. The zero-order valence-corrected chi connectivity index (χ0v) is 14.9. The zero-order valence-electron chi connectivity index (χ0n) is 14.2. The second kappa shape index (κ2) is 9.60. The third-order valence-corrected chi connectivity index (χ3v) is 4.41. The summed E-state index contributed by atoms with van der Waals surface area (Å²) in [6.45, 7) is 5.06. The van der Waals surface area contributed by atoms with Gasteiger partial charge in [-0.15, -0.1) is 0 Å². The maximum atomic E-state index is 6.23. The summed E-state index contributed by atoms with van der Waals surface area (Å²) in [5.41, 5.74) is 0. The van der Waals surface area contributed by atoms with E-state index in [2.05, 4.69) is 32.4 Å². The van der Waals surface area contributed by atoms with Gasteiger partial charge in [0.05, 0.1) is 5.02 Å². The van der Waals surface area contributed by atoms with Crippen molar-refractivity contribution >= 4 is 23.4 Å². The molecule has 1 fully saturated rings. The predicted octanol–water partition coefficient (Wildman–Crippen LogP) is 3.06. The fourth-order valence-corrected chi connectivity index (χ4v) is 3.07. The Hall–Kier alpha value is -1.49. The molecule has 23 heavy (non-hydrogen) atoms. The van der Waals surface area contributed by atoms with Gasteiger partial charge in [0.15, 0.2) is 5.96 Å². The number of anilines is 1. The molecule has 6 heteroatoms. The van der Waals surface area contributed by atoms with Gasteiger partial charge in [-0.3, -0.25) is 4.99 Å². The quantitative estimate of drug-likeness (QED) is 0.456. The molecule has 2 heterocycles. The van der Waals surface area contributed by atoms with Crippen LogP contribution in [-0.2, 0) is 0 Å².